The minimum absolute atomic E-state index is 0.100. The molecule has 2 heterocycles. The fraction of sp³-hybridized carbons (Fsp3) is 0.360. The summed E-state index contributed by atoms with van der Waals surface area (Å²) in [6.45, 7) is 3.06. The molecule has 6 nitrogen and oxygen atoms in total. The third kappa shape index (κ3) is 4.08. The van der Waals surface area contributed by atoms with Gasteiger partial charge >= 0.3 is 0 Å². The second kappa shape index (κ2) is 8.94. The van der Waals surface area contributed by atoms with Crippen molar-refractivity contribution in [3.05, 3.63) is 70.8 Å². The lowest BCUT2D eigenvalue weighted by molar-refractivity contribution is -0.140. The lowest BCUT2D eigenvalue weighted by atomic mass is 9.94. The van der Waals surface area contributed by atoms with E-state index in [0.29, 0.717) is 24.5 Å². The number of amides is 1. The van der Waals surface area contributed by atoms with Crippen molar-refractivity contribution in [2.45, 2.75) is 38.3 Å². The Morgan fingerprint density at radius 1 is 1.13 bits per heavy atom. The molecule has 0 aliphatic carbocycles. The van der Waals surface area contributed by atoms with Gasteiger partial charge in [0.1, 0.15) is 11.5 Å². The topological polar surface area (TPSA) is 76.1 Å². The number of ether oxygens (including phenoxy) is 2. The fourth-order valence-electron chi connectivity index (χ4n) is 4.26. The van der Waals surface area contributed by atoms with Gasteiger partial charge in [-0.05, 0) is 54.7 Å². The summed E-state index contributed by atoms with van der Waals surface area (Å²) >= 11 is 0. The van der Waals surface area contributed by atoms with Gasteiger partial charge in [-0.1, -0.05) is 31.2 Å². The minimum atomic E-state index is -0.670. The van der Waals surface area contributed by atoms with E-state index in [0.717, 1.165) is 30.4 Å². The number of hydrogen-bond acceptors (Lipinski definition) is 5. The van der Waals surface area contributed by atoms with E-state index in [2.05, 4.69) is 6.92 Å². The molecule has 6 heteroatoms. The van der Waals surface area contributed by atoms with Crippen molar-refractivity contribution in [2.75, 3.05) is 20.3 Å². The number of hydrogen-bond donors (Lipinski definition) is 1. The van der Waals surface area contributed by atoms with E-state index in [1.807, 2.05) is 24.3 Å². The van der Waals surface area contributed by atoms with E-state index in [-0.39, 0.29) is 17.4 Å². The van der Waals surface area contributed by atoms with Crippen molar-refractivity contribution in [1.29, 1.82) is 0 Å². The molecule has 2 aromatic rings. The fourth-order valence-corrected chi connectivity index (χ4v) is 4.26. The van der Waals surface area contributed by atoms with Gasteiger partial charge < -0.3 is 19.5 Å². The third-order valence-corrected chi connectivity index (χ3v) is 6.03. The summed E-state index contributed by atoms with van der Waals surface area (Å²) in [5, 5.41) is 11.1. The van der Waals surface area contributed by atoms with Gasteiger partial charge in [0.15, 0.2) is 0 Å². The number of carbonyl (C=O) groups is 2. The molecule has 0 spiro atoms. The van der Waals surface area contributed by atoms with Crippen LogP contribution in [0.5, 0.6) is 5.75 Å². The maximum atomic E-state index is 13.1. The Balaban J connectivity index is 1.79. The second-order valence-corrected chi connectivity index (χ2v) is 7.91. The highest BCUT2D eigenvalue weighted by molar-refractivity contribution is 6.46. The summed E-state index contributed by atoms with van der Waals surface area (Å²) in [7, 11) is 1.56. The SMILES string of the molecule is CCc1ccc([C@@H]2C(=C(O)c3ccc(OC)cc3)C(=O)C(=O)N2C[C@H]2CCCO2)cc1. The number of aliphatic hydroxyl groups excluding tert-OH is 1. The van der Waals surface area contributed by atoms with Crippen LogP contribution in [0.1, 0.15) is 42.5 Å². The summed E-state index contributed by atoms with van der Waals surface area (Å²) in [5.41, 5.74) is 2.53. The van der Waals surface area contributed by atoms with Crippen LogP contribution in [0.15, 0.2) is 54.1 Å². The molecule has 2 fully saturated rings. The molecular weight excluding hydrogens is 394 g/mol. The first-order valence-electron chi connectivity index (χ1n) is 10.7. The second-order valence-electron chi connectivity index (χ2n) is 7.91. The highest BCUT2D eigenvalue weighted by Crippen LogP contribution is 2.40. The number of nitrogens with zero attached hydrogens (tertiary/aromatic N) is 1. The molecule has 1 amide bonds. The van der Waals surface area contributed by atoms with E-state index in [9.17, 15) is 14.7 Å². The minimum Gasteiger partial charge on any atom is -0.507 e. The standard InChI is InChI=1S/C25H27NO5/c1-3-16-6-8-17(9-7-16)22-21(23(27)18-10-12-19(30-2)13-11-18)24(28)25(29)26(22)15-20-5-4-14-31-20/h6-13,20,22,27H,3-5,14-15H2,1-2H3/t20-,22-/m1/s1. The number of rotatable bonds is 6. The molecule has 0 unspecified atom stereocenters. The van der Waals surface area contributed by atoms with Crippen LogP contribution in [0, 0.1) is 0 Å². The molecule has 162 valence electrons. The van der Waals surface area contributed by atoms with Crippen LogP contribution in [0.4, 0.5) is 0 Å². The maximum Gasteiger partial charge on any atom is 0.295 e. The number of Topliss-reactive ketones (excluding diaryl/α,β-unsaturated/α-hetero) is 1. The van der Waals surface area contributed by atoms with Crippen molar-refractivity contribution in [3.8, 4) is 5.75 Å². The lowest BCUT2D eigenvalue weighted by Gasteiger charge is -2.27. The van der Waals surface area contributed by atoms with Gasteiger partial charge in [-0.2, -0.15) is 0 Å². The number of methoxy groups -OCH3 is 1. The molecule has 2 aliphatic rings. The van der Waals surface area contributed by atoms with Gasteiger partial charge in [0.05, 0.1) is 24.8 Å². The van der Waals surface area contributed by atoms with Gasteiger partial charge in [0.2, 0.25) is 0 Å². The Morgan fingerprint density at radius 3 is 2.42 bits per heavy atom. The Morgan fingerprint density at radius 2 is 1.84 bits per heavy atom. The molecule has 0 bridgehead atoms. The summed E-state index contributed by atoms with van der Waals surface area (Å²) in [4.78, 5) is 27.6. The number of likely N-dealkylation sites (tertiary alicyclic amines) is 1. The molecule has 0 radical (unpaired) electrons. The average Bonchev–Trinajstić information content (AvgIpc) is 3.41. The molecule has 4 rings (SSSR count). The van der Waals surface area contributed by atoms with E-state index < -0.39 is 17.7 Å². The molecular formula is C25H27NO5. The molecule has 2 aliphatic heterocycles. The number of aryl methyl sites for hydroxylation is 1. The number of aliphatic hydroxyl groups is 1. The monoisotopic (exact) mass is 421 g/mol. The van der Waals surface area contributed by atoms with Crippen molar-refractivity contribution in [1.82, 2.24) is 4.90 Å². The molecule has 1 N–H and O–H groups in total. The summed E-state index contributed by atoms with van der Waals surface area (Å²) < 4.78 is 10.9. The van der Waals surface area contributed by atoms with Crippen LogP contribution in [0.25, 0.3) is 5.76 Å². The molecule has 2 aromatic carbocycles. The normalized spacial score (nSPS) is 22.8. The first-order chi connectivity index (χ1) is 15.0. The Kier molecular flexibility index (Phi) is 6.09. The number of ketones is 1. The molecule has 31 heavy (non-hydrogen) atoms. The highest BCUT2D eigenvalue weighted by Gasteiger charge is 2.47. The van der Waals surface area contributed by atoms with E-state index in [1.165, 1.54) is 0 Å². The molecule has 2 saturated heterocycles. The van der Waals surface area contributed by atoms with Crippen LogP contribution in [0.2, 0.25) is 0 Å². The summed E-state index contributed by atoms with van der Waals surface area (Å²) in [6, 6.07) is 14.0. The van der Waals surface area contributed by atoms with E-state index in [4.69, 9.17) is 9.47 Å². The zero-order chi connectivity index (χ0) is 22.0. The average molecular weight is 421 g/mol. The van der Waals surface area contributed by atoms with Crippen molar-refractivity contribution in [3.63, 3.8) is 0 Å². The molecule has 2 atom stereocenters. The van der Waals surface area contributed by atoms with E-state index >= 15 is 0 Å². The summed E-state index contributed by atoms with van der Waals surface area (Å²) in [5.74, 6) is -0.812. The smallest absolute Gasteiger partial charge is 0.295 e. The Bertz CT molecular complexity index is 988. The summed E-state index contributed by atoms with van der Waals surface area (Å²) in [6.07, 6.45) is 2.58. The van der Waals surface area contributed by atoms with Crippen LogP contribution >= 0.6 is 0 Å². The van der Waals surface area contributed by atoms with Gasteiger partial charge in [-0.3, -0.25) is 9.59 Å². The first-order valence-corrected chi connectivity index (χ1v) is 10.7. The predicted octanol–water partition coefficient (Wildman–Crippen LogP) is 3.86. The third-order valence-electron chi connectivity index (χ3n) is 6.03. The zero-order valence-electron chi connectivity index (χ0n) is 17.8. The van der Waals surface area contributed by atoms with Crippen LogP contribution in [-0.4, -0.2) is 48.1 Å². The highest BCUT2D eigenvalue weighted by atomic mass is 16.5. The van der Waals surface area contributed by atoms with Gasteiger partial charge in [-0.25, -0.2) is 0 Å². The number of benzene rings is 2. The van der Waals surface area contributed by atoms with Crippen LogP contribution in [0.3, 0.4) is 0 Å². The van der Waals surface area contributed by atoms with Gasteiger partial charge in [-0.15, -0.1) is 0 Å². The maximum absolute atomic E-state index is 13.1. The lowest BCUT2D eigenvalue weighted by Crippen LogP contribution is -2.36. The Hall–Kier alpha value is -3.12. The van der Waals surface area contributed by atoms with Crippen LogP contribution in [-0.2, 0) is 20.7 Å². The predicted molar refractivity (Wildman–Crippen MR) is 117 cm³/mol. The van der Waals surface area contributed by atoms with Crippen LogP contribution < -0.4 is 4.74 Å². The van der Waals surface area contributed by atoms with Gasteiger partial charge in [0, 0.05) is 18.7 Å². The first kappa shape index (κ1) is 21.1. The van der Waals surface area contributed by atoms with Crippen molar-refractivity contribution >= 4 is 17.4 Å². The zero-order valence-corrected chi connectivity index (χ0v) is 17.8. The molecule has 0 saturated carbocycles. The van der Waals surface area contributed by atoms with Gasteiger partial charge in [0.25, 0.3) is 11.7 Å². The Labute approximate surface area is 182 Å². The molecule has 0 aromatic heterocycles. The quantitative estimate of drug-likeness (QED) is 0.436. The number of carbonyl (C=O) groups excluding carboxylic acids is 2. The van der Waals surface area contributed by atoms with Crippen molar-refractivity contribution < 1.29 is 24.2 Å². The van der Waals surface area contributed by atoms with E-state index in [1.54, 1.807) is 36.3 Å². The largest absolute Gasteiger partial charge is 0.507 e. The van der Waals surface area contributed by atoms with Crippen molar-refractivity contribution in [2.24, 2.45) is 0 Å².